The quantitative estimate of drug-likeness (QED) is 0.334. The van der Waals surface area contributed by atoms with E-state index in [9.17, 15) is 5.11 Å². The summed E-state index contributed by atoms with van der Waals surface area (Å²) in [6, 6.07) is 0.218. The Morgan fingerprint density at radius 1 is 1.45 bits per heavy atom. The first-order chi connectivity index (χ1) is 9.65. The van der Waals surface area contributed by atoms with Crippen molar-refractivity contribution in [1.29, 1.82) is 0 Å². The van der Waals surface area contributed by atoms with Crippen LogP contribution >= 0.6 is 0 Å². The van der Waals surface area contributed by atoms with Crippen molar-refractivity contribution < 1.29 is 20.0 Å². The normalized spacial score (nSPS) is 22.9. The second-order valence-corrected chi connectivity index (χ2v) is 5.47. The molecule has 0 spiro atoms. The highest BCUT2D eigenvalue weighted by atomic mass is 17.2. The van der Waals surface area contributed by atoms with Gasteiger partial charge in [-0.1, -0.05) is 6.42 Å². The van der Waals surface area contributed by atoms with Gasteiger partial charge in [-0.15, -0.1) is 0 Å². The van der Waals surface area contributed by atoms with Gasteiger partial charge in [0.2, 0.25) is 0 Å². The molecule has 1 rings (SSSR count). The zero-order valence-corrected chi connectivity index (χ0v) is 12.3. The van der Waals surface area contributed by atoms with Gasteiger partial charge in [-0.25, -0.2) is 9.78 Å². The summed E-state index contributed by atoms with van der Waals surface area (Å²) in [5, 5.41) is 18.6. The minimum Gasteiger partial charge on any atom is -0.394 e. The van der Waals surface area contributed by atoms with Crippen molar-refractivity contribution >= 4 is 5.84 Å². The van der Waals surface area contributed by atoms with Crippen molar-refractivity contribution in [3.8, 4) is 0 Å². The molecule has 0 saturated carbocycles. The van der Waals surface area contributed by atoms with Crippen molar-refractivity contribution in [2.45, 2.75) is 57.1 Å². The first-order valence-corrected chi connectivity index (χ1v) is 7.42. The van der Waals surface area contributed by atoms with Crippen molar-refractivity contribution in [2.75, 3.05) is 20.3 Å². The van der Waals surface area contributed by atoms with E-state index >= 15 is 0 Å². The van der Waals surface area contributed by atoms with Gasteiger partial charge in [-0.2, -0.15) is 0 Å². The fourth-order valence-electron chi connectivity index (χ4n) is 2.69. The first-order valence-electron chi connectivity index (χ1n) is 7.42. The highest BCUT2D eigenvalue weighted by Gasteiger charge is 2.20. The SMILES string of the molecule is COOCCC(CC(O)CO)CC1CCCCC(N)=N1. The number of rotatable bonds is 9. The van der Waals surface area contributed by atoms with Crippen LogP contribution in [0, 0.1) is 5.92 Å². The van der Waals surface area contributed by atoms with Gasteiger partial charge in [-0.05, 0) is 38.0 Å². The molecule has 1 aliphatic rings. The molecule has 0 amide bonds. The number of nitrogens with two attached hydrogens (primary N) is 1. The van der Waals surface area contributed by atoms with E-state index in [2.05, 4.69) is 9.88 Å². The lowest BCUT2D eigenvalue weighted by atomic mass is 9.90. The van der Waals surface area contributed by atoms with Gasteiger partial charge < -0.3 is 15.9 Å². The minimum absolute atomic E-state index is 0.211. The summed E-state index contributed by atoms with van der Waals surface area (Å²) in [5.41, 5.74) is 5.87. The average molecular weight is 288 g/mol. The highest BCUT2D eigenvalue weighted by Crippen LogP contribution is 2.24. The number of nitrogens with zero attached hydrogens (tertiary/aromatic N) is 1. The van der Waals surface area contributed by atoms with Gasteiger partial charge in [0, 0.05) is 6.42 Å². The van der Waals surface area contributed by atoms with Crippen LogP contribution in [0.25, 0.3) is 0 Å². The third-order valence-electron chi connectivity index (χ3n) is 3.72. The number of hydrogen-bond donors (Lipinski definition) is 3. The fourth-order valence-corrected chi connectivity index (χ4v) is 2.69. The van der Waals surface area contributed by atoms with Crippen LogP contribution in [0.4, 0.5) is 0 Å². The molecular weight excluding hydrogens is 260 g/mol. The smallest absolute Gasteiger partial charge is 0.0940 e. The van der Waals surface area contributed by atoms with E-state index < -0.39 is 6.10 Å². The lowest BCUT2D eigenvalue weighted by Crippen LogP contribution is -2.23. The third kappa shape index (κ3) is 7.19. The number of amidine groups is 1. The summed E-state index contributed by atoms with van der Waals surface area (Å²) in [6.45, 7) is 0.267. The maximum atomic E-state index is 9.64. The fraction of sp³-hybridized carbons (Fsp3) is 0.929. The Bertz CT molecular complexity index is 286. The van der Waals surface area contributed by atoms with Crippen molar-refractivity contribution in [3.63, 3.8) is 0 Å². The number of hydrogen-bond acceptors (Lipinski definition) is 6. The van der Waals surface area contributed by atoms with Crippen LogP contribution in [0.2, 0.25) is 0 Å². The molecular formula is C14H28N2O4. The van der Waals surface area contributed by atoms with Crippen molar-refractivity contribution in [3.05, 3.63) is 0 Å². The monoisotopic (exact) mass is 288 g/mol. The van der Waals surface area contributed by atoms with Crippen molar-refractivity contribution in [1.82, 2.24) is 0 Å². The molecule has 0 aromatic carbocycles. The topological polar surface area (TPSA) is 97.3 Å². The molecule has 0 radical (unpaired) electrons. The van der Waals surface area contributed by atoms with E-state index in [1.54, 1.807) is 0 Å². The standard InChI is InChI=1S/C14H28N2O4/c1-19-20-7-6-11(9-13(18)10-17)8-12-4-2-3-5-14(15)16-12/h11-13,17-18H,2-10H2,1H3,(H2,15,16). The largest absolute Gasteiger partial charge is 0.394 e. The molecule has 3 atom stereocenters. The van der Waals surface area contributed by atoms with E-state index in [-0.39, 0.29) is 18.6 Å². The van der Waals surface area contributed by atoms with E-state index in [1.165, 1.54) is 7.11 Å². The first kappa shape index (κ1) is 17.4. The van der Waals surface area contributed by atoms with Gasteiger partial charge in [0.05, 0.1) is 38.3 Å². The molecule has 0 bridgehead atoms. The number of aliphatic hydroxyl groups is 2. The molecule has 0 saturated heterocycles. The maximum Gasteiger partial charge on any atom is 0.0940 e. The van der Waals surface area contributed by atoms with Gasteiger partial charge >= 0.3 is 0 Å². The molecule has 0 aliphatic carbocycles. The Labute approximate surface area is 120 Å². The van der Waals surface area contributed by atoms with E-state index in [4.69, 9.17) is 15.7 Å². The second-order valence-electron chi connectivity index (χ2n) is 5.47. The molecule has 20 heavy (non-hydrogen) atoms. The van der Waals surface area contributed by atoms with Gasteiger partial charge in [0.15, 0.2) is 0 Å². The summed E-state index contributed by atoms with van der Waals surface area (Å²) >= 11 is 0. The molecule has 118 valence electrons. The zero-order valence-electron chi connectivity index (χ0n) is 12.3. The van der Waals surface area contributed by atoms with Gasteiger partial charge in [0.1, 0.15) is 0 Å². The average Bonchev–Trinajstić information content (AvgIpc) is 2.63. The maximum absolute atomic E-state index is 9.64. The molecule has 0 fully saturated rings. The second kappa shape index (κ2) is 10.1. The Balaban J connectivity index is 2.50. The van der Waals surface area contributed by atoms with Crippen LogP contribution < -0.4 is 5.73 Å². The molecule has 1 aliphatic heterocycles. The zero-order chi connectivity index (χ0) is 14.8. The number of aliphatic imine (C=N–C) groups is 1. The van der Waals surface area contributed by atoms with E-state index in [0.29, 0.717) is 13.0 Å². The van der Waals surface area contributed by atoms with Crippen LogP contribution in [-0.4, -0.2) is 48.5 Å². The Morgan fingerprint density at radius 3 is 2.95 bits per heavy atom. The summed E-state index contributed by atoms with van der Waals surface area (Å²) in [7, 11) is 1.48. The Morgan fingerprint density at radius 2 is 2.25 bits per heavy atom. The molecule has 1 heterocycles. The minimum atomic E-state index is -0.686. The summed E-state index contributed by atoms with van der Waals surface area (Å²) in [6.07, 6.45) is 5.66. The van der Waals surface area contributed by atoms with Crippen LogP contribution in [0.1, 0.15) is 44.9 Å². The molecule has 4 N–H and O–H groups in total. The Hall–Kier alpha value is -0.690. The van der Waals surface area contributed by atoms with Crippen LogP contribution in [0.3, 0.4) is 0 Å². The number of aliphatic hydroxyl groups excluding tert-OH is 2. The molecule has 6 heteroatoms. The summed E-state index contributed by atoms with van der Waals surface area (Å²) in [5.74, 6) is 0.981. The third-order valence-corrected chi connectivity index (χ3v) is 3.72. The van der Waals surface area contributed by atoms with Crippen LogP contribution in [0.5, 0.6) is 0 Å². The Kier molecular flexibility index (Phi) is 8.77. The van der Waals surface area contributed by atoms with E-state index in [1.807, 2.05) is 0 Å². The van der Waals surface area contributed by atoms with E-state index in [0.717, 1.165) is 44.4 Å². The summed E-state index contributed by atoms with van der Waals surface area (Å²) < 4.78 is 0. The molecule has 3 unspecified atom stereocenters. The van der Waals surface area contributed by atoms with Crippen LogP contribution in [-0.2, 0) is 9.78 Å². The molecule has 0 aromatic heterocycles. The summed E-state index contributed by atoms with van der Waals surface area (Å²) in [4.78, 5) is 14.1. The van der Waals surface area contributed by atoms with Gasteiger partial charge in [-0.3, -0.25) is 4.99 Å². The van der Waals surface area contributed by atoms with Gasteiger partial charge in [0.25, 0.3) is 0 Å². The lowest BCUT2D eigenvalue weighted by molar-refractivity contribution is -0.274. The molecule has 0 aromatic rings. The predicted octanol–water partition coefficient (Wildman–Crippen LogP) is 1.00. The van der Waals surface area contributed by atoms with Crippen LogP contribution in [0.15, 0.2) is 4.99 Å². The highest BCUT2D eigenvalue weighted by molar-refractivity contribution is 5.80. The molecule has 6 nitrogen and oxygen atoms in total. The van der Waals surface area contributed by atoms with Crippen molar-refractivity contribution in [2.24, 2.45) is 16.6 Å². The lowest BCUT2D eigenvalue weighted by Gasteiger charge is -2.22. The predicted molar refractivity (Wildman–Crippen MR) is 77.3 cm³/mol.